The van der Waals surface area contributed by atoms with Crippen LogP contribution in [0.4, 0.5) is 5.95 Å². The zero-order valence-electron chi connectivity index (χ0n) is 14.6. The van der Waals surface area contributed by atoms with Crippen LogP contribution in [0, 0.1) is 0 Å². The van der Waals surface area contributed by atoms with Crippen LogP contribution < -0.4 is 10.9 Å². The van der Waals surface area contributed by atoms with Crippen LogP contribution in [-0.4, -0.2) is 22.2 Å². The summed E-state index contributed by atoms with van der Waals surface area (Å²) in [7, 11) is 1.80. The van der Waals surface area contributed by atoms with Crippen molar-refractivity contribution in [3.8, 4) is 0 Å². The molecular formula is C19H21N3O2S. The van der Waals surface area contributed by atoms with E-state index < -0.39 is 0 Å². The van der Waals surface area contributed by atoms with E-state index in [4.69, 9.17) is 9.72 Å². The molecule has 1 aliphatic rings. The van der Waals surface area contributed by atoms with Crippen molar-refractivity contribution in [1.29, 1.82) is 0 Å². The number of fused-ring (bicyclic) bond motifs is 3. The molecule has 5 nitrogen and oxygen atoms in total. The molecule has 130 valence electrons. The van der Waals surface area contributed by atoms with E-state index in [1.807, 2.05) is 30.3 Å². The Morgan fingerprint density at radius 1 is 1.32 bits per heavy atom. The highest BCUT2D eigenvalue weighted by Gasteiger charge is 2.31. The Bertz CT molecular complexity index is 989. The van der Waals surface area contributed by atoms with Gasteiger partial charge in [-0.15, -0.1) is 11.3 Å². The van der Waals surface area contributed by atoms with Crippen molar-refractivity contribution in [2.75, 3.05) is 12.4 Å². The van der Waals surface area contributed by atoms with E-state index in [1.54, 1.807) is 23.0 Å². The van der Waals surface area contributed by atoms with Gasteiger partial charge in [0.15, 0.2) is 0 Å². The van der Waals surface area contributed by atoms with Gasteiger partial charge >= 0.3 is 0 Å². The molecule has 0 radical (unpaired) electrons. The van der Waals surface area contributed by atoms with Gasteiger partial charge in [0, 0.05) is 18.3 Å². The maximum Gasteiger partial charge on any atom is 0.264 e. The van der Waals surface area contributed by atoms with E-state index in [-0.39, 0.29) is 11.2 Å². The first-order valence-corrected chi connectivity index (χ1v) is 9.21. The number of aromatic nitrogens is 2. The van der Waals surface area contributed by atoms with Crippen molar-refractivity contribution in [3.63, 3.8) is 0 Å². The van der Waals surface area contributed by atoms with Gasteiger partial charge in [0.25, 0.3) is 5.56 Å². The lowest BCUT2D eigenvalue weighted by Gasteiger charge is -2.29. The van der Waals surface area contributed by atoms with Gasteiger partial charge in [-0.1, -0.05) is 30.3 Å². The fourth-order valence-corrected chi connectivity index (χ4v) is 4.42. The van der Waals surface area contributed by atoms with E-state index in [9.17, 15) is 4.79 Å². The monoisotopic (exact) mass is 355 g/mol. The van der Waals surface area contributed by atoms with Crippen LogP contribution in [0.1, 0.15) is 29.9 Å². The average Bonchev–Trinajstić information content (AvgIpc) is 2.94. The lowest BCUT2D eigenvalue weighted by molar-refractivity contribution is -0.0379. The smallest absolute Gasteiger partial charge is 0.264 e. The third-order valence-electron chi connectivity index (χ3n) is 4.60. The van der Waals surface area contributed by atoms with Crippen LogP contribution in [0.5, 0.6) is 0 Å². The molecule has 1 aliphatic heterocycles. The van der Waals surface area contributed by atoms with Crippen LogP contribution in [0.3, 0.4) is 0 Å². The van der Waals surface area contributed by atoms with Gasteiger partial charge in [0.2, 0.25) is 5.95 Å². The first kappa shape index (κ1) is 16.3. The molecule has 0 atom stereocenters. The zero-order chi connectivity index (χ0) is 17.6. The summed E-state index contributed by atoms with van der Waals surface area (Å²) in [5.74, 6) is 0.597. The third kappa shape index (κ3) is 2.85. The molecule has 2 aromatic heterocycles. The predicted molar refractivity (Wildman–Crippen MR) is 102 cm³/mol. The summed E-state index contributed by atoms with van der Waals surface area (Å²) in [5, 5.41) is 3.83. The Balaban J connectivity index is 1.91. The first-order valence-electron chi connectivity index (χ1n) is 8.39. The molecule has 0 spiro atoms. The molecule has 4 rings (SSSR count). The van der Waals surface area contributed by atoms with Crippen molar-refractivity contribution in [2.45, 2.75) is 39.0 Å². The summed E-state index contributed by atoms with van der Waals surface area (Å²) in [6, 6.07) is 9.99. The van der Waals surface area contributed by atoms with E-state index in [1.165, 1.54) is 0 Å². The molecule has 3 aromatic rings. The van der Waals surface area contributed by atoms with Crippen molar-refractivity contribution in [1.82, 2.24) is 9.55 Å². The third-order valence-corrected chi connectivity index (χ3v) is 5.70. The number of hydrogen-bond donors (Lipinski definition) is 1. The SMILES string of the molecule is CNc1nc2sc3c(c2c(=O)n1Cc1ccccc1)CC(C)(C)OC3. The number of rotatable bonds is 3. The number of benzene rings is 1. The Morgan fingerprint density at radius 2 is 2.08 bits per heavy atom. The Labute approximate surface area is 150 Å². The van der Waals surface area contributed by atoms with Crippen molar-refractivity contribution in [3.05, 3.63) is 56.7 Å². The molecule has 0 fully saturated rings. The topological polar surface area (TPSA) is 56.2 Å². The summed E-state index contributed by atoms with van der Waals surface area (Å²) in [5.41, 5.74) is 1.96. The molecule has 25 heavy (non-hydrogen) atoms. The summed E-state index contributed by atoms with van der Waals surface area (Å²) >= 11 is 1.57. The van der Waals surface area contributed by atoms with Crippen LogP contribution in [0.15, 0.2) is 35.1 Å². The van der Waals surface area contributed by atoms with Crippen LogP contribution >= 0.6 is 11.3 Å². The Hall–Kier alpha value is -2.18. The van der Waals surface area contributed by atoms with E-state index in [0.717, 1.165) is 32.6 Å². The number of nitrogens with one attached hydrogen (secondary N) is 1. The lowest BCUT2D eigenvalue weighted by Crippen LogP contribution is -2.32. The highest BCUT2D eigenvalue weighted by Crippen LogP contribution is 2.37. The van der Waals surface area contributed by atoms with Gasteiger partial charge < -0.3 is 10.1 Å². The number of ether oxygens (including phenoxy) is 1. The lowest BCUT2D eigenvalue weighted by atomic mass is 9.94. The summed E-state index contributed by atoms with van der Waals surface area (Å²) in [6.45, 7) is 5.19. The number of anilines is 1. The van der Waals surface area contributed by atoms with E-state index in [2.05, 4.69) is 19.2 Å². The van der Waals surface area contributed by atoms with E-state index in [0.29, 0.717) is 19.1 Å². The highest BCUT2D eigenvalue weighted by atomic mass is 32.1. The minimum atomic E-state index is -0.251. The number of thiophene rings is 1. The number of nitrogens with zero attached hydrogens (tertiary/aromatic N) is 2. The van der Waals surface area contributed by atoms with Gasteiger partial charge in [0.1, 0.15) is 4.83 Å². The van der Waals surface area contributed by atoms with Gasteiger partial charge in [0.05, 0.1) is 24.1 Å². The summed E-state index contributed by atoms with van der Waals surface area (Å²) in [6.07, 6.45) is 0.740. The fourth-order valence-electron chi connectivity index (χ4n) is 3.33. The second kappa shape index (κ2) is 5.97. The van der Waals surface area contributed by atoms with Crippen molar-refractivity contribution < 1.29 is 4.74 Å². The van der Waals surface area contributed by atoms with Gasteiger partial charge in [-0.3, -0.25) is 9.36 Å². The number of hydrogen-bond acceptors (Lipinski definition) is 5. The molecule has 3 heterocycles. The van der Waals surface area contributed by atoms with Gasteiger partial charge in [-0.25, -0.2) is 4.98 Å². The Kier molecular flexibility index (Phi) is 3.89. The zero-order valence-corrected chi connectivity index (χ0v) is 15.4. The van der Waals surface area contributed by atoms with Crippen LogP contribution in [0.25, 0.3) is 10.2 Å². The highest BCUT2D eigenvalue weighted by molar-refractivity contribution is 7.18. The standard InChI is InChI=1S/C19H21N3O2S/c1-19(2)9-13-14(11-24-19)25-16-15(13)17(23)22(18(20-3)21-16)10-12-7-5-4-6-8-12/h4-8H,9-11H2,1-3H3,(H,20,21). The molecule has 1 aromatic carbocycles. The maximum absolute atomic E-state index is 13.3. The molecule has 0 bridgehead atoms. The molecule has 0 saturated carbocycles. The van der Waals surface area contributed by atoms with Crippen LogP contribution in [0.2, 0.25) is 0 Å². The fraction of sp³-hybridized carbons (Fsp3) is 0.368. The summed E-state index contributed by atoms with van der Waals surface area (Å²) < 4.78 is 7.63. The first-order chi connectivity index (χ1) is 12.0. The molecule has 0 aliphatic carbocycles. The minimum Gasteiger partial charge on any atom is -0.370 e. The molecular weight excluding hydrogens is 334 g/mol. The second-order valence-electron chi connectivity index (χ2n) is 6.97. The van der Waals surface area contributed by atoms with E-state index >= 15 is 0 Å². The molecule has 1 N–H and O–H groups in total. The predicted octanol–water partition coefficient (Wildman–Crippen LogP) is 3.40. The molecule has 6 heteroatoms. The van der Waals surface area contributed by atoms with Gasteiger partial charge in [-0.2, -0.15) is 0 Å². The van der Waals surface area contributed by atoms with Crippen LogP contribution in [-0.2, 0) is 24.3 Å². The molecule has 0 unspecified atom stereocenters. The van der Waals surface area contributed by atoms with Crippen molar-refractivity contribution in [2.24, 2.45) is 0 Å². The van der Waals surface area contributed by atoms with Gasteiger partial charge in [-0.05, 0) is 25.0 Å². The Morgan fingerprint density at radius 3 is 2.80 bits per heavy atom. The van der Waals surface area contributed by atoms with Crippen molar-refractivity contribution >= 4 is 27.5 Å². The largest absolute Gasteiger partial charge is 0.370 e. The second-order valence-corrected chi connectivity index (χ2v) is 8.06. The minimum absolute atomic E-state index is 0.0217. The molecule has 0 saturated heterocycles. The summed E-state index contributed by atoms with van der Waals surface area (Å²) in [4.78, 5) is 19.9. The maximum atomic E-state index is 13.3. The molecule has 0 amide bonds. The quantitative estimate of drug-likeness (QED) is 0.782. The normalized spacial score (nSPS) is 16.0. The average molecular weight is 355 g/mol.